The second-order valence-corrected chi connectivity index (χ2v) is 22.3. The summed E-state index contributed by atoms with van der Waals surface area (Å²) < 4.78 is 79.4. The first-order chi connectivity index (χ1) is 52.0. The summed E-state index contributed by atoms with van der Waals surface area (Å²) in [6, 6.07) is 85.2. The first kappa shape index (κ1) is 104. The van der Waals surface area contributed by atoms with Crippen LogP contribution in [0, 0.1) is 85.1 Å². The first-order valence-electron chi connectivity index (χ1n) is 32.6. The number of hydrogen-bond acceptors (Lipinski definition) is 12. The van der Waals surface area contributed by atoms with Crippen molar-refractivity contribution in [2.75, 3.05) is 0 Å². The number of aromatic carboxylic acids is 1. The van der Waals surface area contributed by atoms with E-state index in [2.05, 4.69) is 109 Å². The third-order valence-electron chi connectivity index (χ3n) is 13.6. The maximum atomic E-state index is 13.4. The van der Waals surface area contributed by atoms with Crippen LogP contribution in [0.1, 0.15) is 49.3 Å². The molecular weight excluding hydrogens is 2530 g/mol. The van der Waals surface area contributed by atoms with E-state index in [-0.39, 0.29) is 166 Å². The quantitative estimate of drug-likeness (QED) is 0.0505. The van der Waals surface area contributed by atoms with E-state index in [1.54, 1.807) is 90.3 Å². The Morgan fingerprint density at radius 3 is 1.21 bits per heavy atom. The van der Waals surface area contributed by atoms with E-state index >= 15 is 0 Å². The number of aliphatic hydroxyl groups excluding tert-OH is 2. The van der Waals surface area contributed by atoms with Crippen molar-refractivity contribution in [2.24, 2.45) is 0 Å². The number of para-hydroxylation sites is 1. The number of nitrogens with zero attached hydrogens (tertiary/aromatic N) is 8. The fraction of sp³-hybridized carbons (Fsp3) is 0.0682. The van der Waals surface area contributed by atoms with Crippen LogP contribution in [-0.2, 0) is 130 Å². The molecule has 14 nitrogen and oxygen atoms in total. The molecule has 0 aliphatic heterocycles. The van der Waals surface area contributed by atoms with Gasteiger partial charge in [0.05, 0.1) is 11.5 Å². The van der Waals surface area contributed by atoms with Gasteiger partial charge in [-0.1, -0.05) is 131 Å². The summed E-state index contributed by atoms with van der Waals surface area (Å²) in [5.41, 5.74) is 11.6. The van der Waals surface area contributed by atoms with Crippen molar-refractivity contribution < 1.29 is 177 Å². The van der Waals surface area contributed by atoms with Gasteiger partial charge in [0.2, 0.25) is 0 Å². The summed E-state index contributed by atoms with van der Waals surface area (Å²) >= 11 is 0. The Labute approximate surface area is 739 Å². The van der Waals surface area contributed by atoms with E-state index in [0.29, 0.717) is 17.1 Å². The molecule has 3 N–H and O–H groups in total. The van der Waals surface area contributed by atoms with Crippen molar-refractivity contribution in [3.05, 3.63) is 398 Å². The number of aliphatic hydroxyl groups is 2. The number of carboxylic acids is 1. The zero-order chi connectivity index (χ0) is 78.0. The van der Waals surface area contributed by atoms with Gasteiger partial charge in [0.25, 0.3) is 0 Å². The monoisotopic (exact) mass is 2610 g/mol. The second kappa shape index (κ2) is 58.0. The number of halogens is 6. The number of pyridine rings is 6. The van der Waals surface area contributed by atoms with Gasteiger partial charge in [-0.15, -0.1) is 114 Å². The van der Waals surface area contributed by atoms with Crippen molar-refractivity contribution in [3.8, 4) is 73.1 Å². The molecule has 0 aliphatic carbocycles. The van der Waals surface area contributed by atoms with Crippen LogP contribution in [0.3, 0.4) is 0 Å². The minimum absolute atomic E-state index is 0. The molecule has 0 spiro atoms. The summed E-state index contributed by atoms with van der Waals surface area (Å²) in [6.07, 6.45) is 15.7. The number of rotatable bonds is 10. The third-order valence-corrected chi connectivity index (χ3v) is 13.6. The number of ketones is 2. The largest absolute Gasteiger partial charge is 0.512 e. The molecule has 114 heavy (non-hydrogen) atoms. The summed E-state index contributed by atoms with van der Waals surface area (Å²) in [6.45, 7) is 9.64. The van der Waals surface area contributed by atoms with E-state index in [9.17, 15) is 40.7 Å². The minimum atomic E-state index is -0.990. The maximum absolute atomic E-state index is 13.4. The van der Waals surface area contributed by atoms with Crippen molar-refractivity contribution in [1.82, 2.24) is 39.7 Å². The Morgan fingerprint density at radius 2 is 0.825 bits per heavy atom. The Bertz CT molecular complexity index is 4950. The minimum Gasteiger partial charge on any atom is -0.512 e. The molecule has 0 aliphatic rings. The van der Waals surface area contributed by atoms with E-state index in [1.165, 1.54) is 68.8 Å². The second-order valence-electron chi connectivity index (χ2n) is 22.3. The van der Waals surface area contributed by atoms with Crippen LogP contribution >= 0.6 is 0 Å². The number of benzene rings is 7. The molecule has 600 valence electrons. The van der Waals surface area contributed by atoms with Crippen molar-refractivity contribution in [1.29, 1.82) is 0 Å². The summed E-state index contributed by atoms with van der Waals surface area (Å²) in [4.78, 5) is 54.3. The van der Waals surface area contributed by atoms with Crippen molar-refractivity contribution in [3.63, 3.8) is 0 Å². The van der Waals surface area contributed by atoms with Crippen LogP contribution < -0.4 is 0 Å². The SMILES string of the molecule is CC(=O)C=C(C)O.CC(=O)C=C(C)O.Cc1cccnc1-c1[c-]cccc1.Cc1ccnc(-c2[c-]cc(F)cc2F)c1.Fc1c[c-]c(-c2ccccn2)c(F)c1.Fc1c[c-]c(-c2ccccn2)c(F)c1.O=C(O)c1ccccn1.[Ir].[Ir].[Ir].[Ir].[Ir].[Ir].[c-]1ccc(-c2ccccc2)cc1-c1ccccn1.[c-]1ccccc1-n1cccn1. The van der Waals surface area contributed by atoms with Gasteiger partial charge in [-0.25, -0.2) is 9.78 Å². The third kappa shape index (κ3) is 39.2. The zero-order valence-electron chi connectivity index (χ0n) is 61.2. The number of carbonyl (C=O) groups excluding carboxylic acids is 2. The molecule has 0 saturated carbocycles. The van der Waals surface area contributed by atoms with Gasteiger partial charge in [-0.05, 0) is 130 Å². The van der Waals surface area contributed by atoms with Crippen molar-refractivity contribution in [2.45, 2.75) is 41.5 Å². The fourth-order valence-electron chi connectivity index (χ4n) is 8.89. The molecule has 0 atom stereocenters. The van der Waals surface area contributed by atoms with E-state index in [1.807, 2.05) is 129 Å². The number of carboxylic acid groups (broad SMARTS) is 1. The molecule has 0 bridgehead atoms. The van der Waals surface area contributed by atoms with Crippen LogP contribution in [-0.4, -0.2) is 72.5 Å². The van der Waals surface area contributed by atoms with E-state index in [0.717, 1.165) is 70.2 Å². The zero-order valence-corrected chi connectivity index (χ0v) is 75.6. The van der Waals surface area contributed by atoms with Gasteiger partial charge in [-0.2, -0.15) is 29.4 Å². The fourth-order valence-corrected chi connectivity index (χ4v) is 8.89. The van der Waals surface area contributed by atoms with Gasteiger partial charge < -0.3 is 40.2 Å². The standard InChI is InChI=1S/C17H12N.C12H8F2N.C12H10N.2C11H6F2N.C9H7N2.C6H5NO2.2C5H8O2.6Ir/c1-2-7-14(8-3-1)15-9-6-10-16(13-15)17-11-4-5-12-18-17;1-8-4-5-15-12(6-8)10-3-2-9(13)7-11(10)14;1-10-6-5-9-13-12(10)11-7-3-2-4-8-11;2*12-8-4-5-9(10(13)7-8)11-3-1-2-6-14-11;1-2-5-9(6-3-1)11-8-4-7-10-11;8-6(9)5-3-1-2-4-7-5;2*1-4(6)3-5(2)7;;;;;;/h1-9,11-13H;2,4-7H,1H3;2-7,9H,1H3;2*1-4,6-7H;1-5,7-8H;1-4H,(H,8,9);2*3,6H,1-2H3;;;;;;/q6*-1;;;;;;;;;. The predicted octanol–water partition coefficient (Wildman–Crippen LogP) is 20.4. The van der Waals surface area contributed by atoms with Crippen LogP contribution in [0.5, 0.6) is 0 Å². The van der Waals surface area contributed by atoms with E-state index in [4.69, 9.17) is 15.3 Å². The molecule has 14 aromatic rings. The van der Waals surface area contributed by atoms with E-state index < -0.39 is 40.9 Å². The number of allylic oxidation sites excluding steroid dienone is 4. The molecule has 0 amide bonds. The molecule has 6 radical (unpaired) electrons. The maximum Gasteiger partial charge on any atom is 0.354 e. The first-order valence-corrected chi connectivity index (χ1v) is 32.6. The Kier molecular flexibility index (Phi) is 52.9. The molecule has 7 aromatic heterocycles. The number of hydrogen-bond donors (Lipinski definition) is 3. The van der Waals surface area contributed by atoms with Crippen LogP contribution in [0.25, 0.3) is 73.1 Å². The number of aryl methyl sites for hydroxylation is 2. The van der Waals surface area contributed by atoms with Gasteiger partial charge >= 0.3 is 5.97 Å². The Hall–Kier alpha value is -9.98. The molecule has 14 rings (SSSR count). The van der Waals surface area contributed by atoms with Crippen LogP contribution in [0.15, 0.2) is 310 Å². The van der Waals surface area contributed by atoms with Gasteiger partial charge in [0, 0.05) is 217 Å². The van der Waals surface area contributed by atoms with Crippen LogP contribution in [0.2, 0.25) is 0 Å². The van der Waals surface area contributed by atoms with Crippen LogP contribution in [0.4, 0.5) is 26.3 Å². The Morgan fingerprint density at radius 1 is 0.377 bits per heavy atom. The summed E-state index contributed by atoms with van der Waals surface area (Å²) in [5.74, 6) is -4.97. The molecule has 0 unspecified atom stereocenters. The molecule has 7 heterocycles. The number of aromatic nitrogens is 8. The molecule has 0 saturated heterocycles. The topological polar surface area (TPSA) is 207 Å². The van der Waals surface area contributed by atoms with Gasteiger partial charge in [0.15, 0.2) is 11.6 Å². The predicted molar refractivity (Wildman–Crippen MR) is 405 cm³/mol. The summed E-state index contributed by atoms with van der Waals surface area (Å²) in [5, 5.41) is 29.1. The normalized spacial score (nSPS) is 9.65. The molecule has 7 aromatic carbocycles. The molecule has 0 fully saturated rings. The summed E-state index contributed by atoms with van der Waals surface area (Å²) in [7, 11) is 0. The van der Waals surface area contributed by atoms with Crippen molar-refractivity contribution >= 4 is 17.5 Å². The average molecular weight is 2600 g/mol. The van der Waals surface area contributed by atoms with Gasteiger partial charge in [0.1, 0.15) is 5.69 Å². The average Bonchev–Trinajstić information content (AvgIpc) is 1.20. The molecular formula is C88H70F6Ir6N8O6-6. The smallest absolute Gasteiger partial charge is 0.354 e. The van der Waals surface area contributed by atoms with Gasteiger partial charge in [-0.3, -0.25) is 40.6 Å². The molecule has 26 heteroatoms. The Balaban J connectivity index is 0.00000127. The number of carbonyl (C=O) groups is 3.